The lowest BCUT2D eigenvalue weighted by molar-refractivity contribution is -0.0850. The summed E-state index contributed by atoms with van der Waals surface area (Å²) in [5.41, 5.74) is 7.35. The number of halogens is 2. The summed E-state index contributed by atoms with van der Waals surface area (Å²) in [6.07, 6.45) is -3.71. The average Bonchev–Trinajstić information content (AvgIpc) is 2.18. The van der Waals surface area contributed by atoms with E-state index in [2.05, 4.69) is 0 Å². The summed E-state index contributed by atoms with van der Waals surface area (Å²) in [7, 11) is 0. The fourth-order valence-electron chi connectivity index (χ4n) is 1.69. The van der Waals surface area contributed by atoms with Crippen LogP contribution in [0, 0.1) is 0 Å². The van der Waals surface area contributed by atoms with Gasteiger partial charge in [0.25, 0.3) is 6.43 Å². The molecule has 0 saturated heterocycles. The van der Waals surface area contributed by atoms with Gasteiger partial charge in [0.05, 0.1) is 12.6 Å². The lowest BCUT2D eigenvalue weighted by Crippen LogP contribution is -2.38. The molecule has 1 aliphatic rings. The third kappa shape index (κ3) is 1.51. The second-order valence-electron chi connectivity index (χ2n) is 3.33. The van der Waals surface area contributed by atoms with Gasteiger partial charge in [-0.25, -0.2) is 8.78 Å². The molecule has 2 N–H and O–H groups in total. The van der Waals surface area contributed by atoms with Crippen molar-refractivity contribution in [3.63, 3.8) is 0 Å². The molecule has 1 aliphatic heterocycles. The van der Waals surface area contributed by atoms with Crippen LogP contribution in [0.15, 0.2) is 24.3 Å². The largest absolute Gasteiger partial charge is 0.366 e. The van der Waals surface area contributed by atoms with E-state index >= 15 is 0 Å². The zero-order valence-electron chi connectivity index (χ0n) is 7.49. The van der Waals surface area contributed by atoms with Gasteiger partial charge in [0.2, 0.25) is 0 Å². The van der Waals surface area contributed by atoms with Gasteiger partial charge in [0.1, 0.15) is 6.10 Å². The number of nitrogens with two attached hydrogens (primary N) is 1. The Hall–Kier alpha value is -1.00. The summed E-state index contributed by atoms with van der Waals surface area (Å²) in [5, 5.41) is 0. The third-order valence-electron chi connectivity index (χ3n) is 2.45. The molecule has 0 fully saturated rings. The molecule has 2 rings (SSSR count). The number of rotatable bonds is 1. The summed E-state index contributed by atoms with van der Waals surface area (Å²) in [6.45, 7) is 0.221. The summed E-state index contributed by atoms with van der Waals surface area (Å²) in [6, 6.07) is 6.54. The Morgan fingerprint density at radius 2 is 2.07 bits per heavy atom. The Labute approximate surface area is 80.7 Å². The number of benzene rings is 1. The Morgan fingerprint density at radius 1 is 1.36 bits per heavy atom. The Bertz CT molecular complexity index is 330. The van der Waals surface area contributed by atoms with Crippen molar-refractivity contribution < 1.29 is 13.5 Å². The minimum Gasteiger partial charge on any atom is -0.366 e. The quantitative estimate of drug-likeness (QED) is 0.749. The highest BCUT2D eigenvalue weighted by molar-refractivity contribution is 5.31. The number of hydrogen-bond acceptors (Lipinski definition) is 2. The molecule has 0 aromatic heterocycles. The monoisotopic (exact) mass is 199 g/mol. The second-order valence-corrected chi connectivity index (χ2v) is 3.33. The van der Waals surface area contributed by atoms with Gasteiger partial charge in [0.15, 0.2) is 0 Å². The van der Waals surface area contributed by atoms with E-state index in [0.29, 0.717) is 0 Å². The molecule has 1 heterocycles. The van der Waals surface area contributed by atoms with Gasteiger partial charge in [0, 0.05) is 0 Å². The minimum absolute atomic E-state index is 0.221. The summed E-state index contributed by atoms with van der Waals surface area (Å²) < 4.78 is 29.9. The molecule has 0 saturated carbocycles. The Morgan fingerprint density at radius 3 is 2.79 bits per heavy atom. The van der Waals surface area contributed by atoms with E-state index < -0.39 is 18.6 Å². The van der Waals surface area contributed by atoms with Crippen LogP contribution in [0.25, 0.3) is 0 Å². The van der Waals surface area contributed by atoms with Crippen LogP contribution in [0.3, 0.4) is 0 Å². The fraction of sp³-hybridized carbons (Fsp3) is 0.400. The number of alkyl halides is 2. The van der Waals surface area contributed by atoms with Crippen molar-refractivity contribution in [1.29, 1.82) is 0 Å². The van der Waals surface area contributed by atoms with E-state index in [9.17, 15) is 8.78 Å². The van der Waals surface area contributed by atoms with Crippen LogP contribution < -0.4 is 5.73 Å². The van der Waals surface area contributed by atoms with Crippen molar-refractivity contribution in [2.45, 2.75) is 25.2 Å². The normalized spacial score (nSPS) is 26.3. The van der Waals surface area contributed by atoms with Crippen molar-refractivity contribution in [2.24, 2.45) is 5.73 Å². The summed E-state index contributed by atoms with van der Waals surface area (Å²) in [4.78, 5) is 0. The summed E-state index contributed by atoms with van der Waals surface area (Å²) in [5.74, 6) is 0. The van der Waals surface area contributed by atoms with Crippen molar-refractivity contribution in [2.75, 3.05) is 0 Å². The second kappa shape index (κ2) is 3.63. The maximum absolute atomic E-state index is 12.5. The van der Waals surface area contributed by atoms with E-state index in [1.807, 2.05) is 12.1 Å². The molecule has 4 heteroatoms. The first kappa shape index (κ1) is 9.55. The molecule has 1 aromatic carbocycles. The van der Waals surface area contributed by atoms with E-state index in [-0.39, 0.29) is 6.61 Å². The highest BCUT2D eigenvalue weighted by Gasteiger charge is 2.33. The molecule has 14 heavy (non-hydrogen) atoms. The zero-order chi connectivity index (χ0) is 10.1. The van der Waals surface area contributed by atoms with Gasteiger partial charge in [-0.05, 0) is 11.1 Å². The number of fused-ring (bicyclic) bond motifs is 1. The van der Waals surface area contributed by atoms with E-state index in [4.69, 9.17) is 10.5 Å². The van der Waals surface area contributed by atoms with E-state index in [1.165, 1.54) is 0 Å². The third-order valence-corrected chi connectivity index (χ3v) is 2.45. The van der Waals surface area contributed by atoms with Crippen LogP contribution in [0.1, 0.15) is 17.2 Å². The lowest BCUT2D eigenvalue weighted by atomic mass is 9.95. The first-order chi connectivity index (χ1) is 6.70. The van der Waals surface area contributed by atoms with Crippen LogP contribution in [0.4, 0.5) is 8.78 Å². The highest BCUT2D eigenvalue weighted by Crippen LogP contribution is 2.30. The SMILES string of the molecule is N[C@@H]1c2ccccc2CO[C@H]1C(F)F. The molecule has 0 spiro atoms. The molecule has 2 atom stereocenters. The average molecular weight is 199 g/mol. The zero-order valence-corrected chi connectivity index (χ0v) is 7.49. The molecule has 0 bridgehead atoms. The molecule has 76 valence electrons. The minimum atomic E-state index is -2.53. The van der Waals surface area contributed by atoms with Gasteiger partial charge >= 0.3 is 0 Å². The predicted octanol–water partition coefficient (Wildman–Crippen LogP) is 1.85. The van der Waals surface area contributed by atoms with Gasteiger partial charge in [-0.1, -0.05) is 24.3 Å². The van der Waals surface area contributed by atoms with Crippen molar-refractivity contribution in [1.82, 2.24) is 0 Å². The van der Waals surface area contributed by atoms with Gasteiger partial charge in [-0.2, -0.15) is 0 Å². The first-order valence-electron chi connectivity index (χ1n) is 4.43. The molecule has 0 aliphatic carbocycles. The predicted molar refractivity (Wildman–Crippen MR) is 48.0 cm³/mol. The van der Waals surface area contributed by atoms with Gasteiger partial charge in [-0.15, -0.1) is 0 Å². The highest BCUT2D eigenvalue weighted by atomic mass is 19.3. The molecule has 0 unspecified atom stereocenters. The topological polar surface area (TPSA) is 35.2 Å². The van der Waals surface area contributed by atoms with Crippen molar-refractivity contribution in [3.8, 4) is 0 Å². The first-order valence-corrected chi connectivity index (χ1v) is 4.43. The maximum Gasteiger partial charge on any atom is 0.266 e. The Kier molecular flexibility index (Phi) is 2.48. The van der Waals surface area contributed by atoms with Crippen LogP contribution in [-0.4, -0.2) is 12.5 Å². The van der Waals surface area contributed by atoms with Crippen molar-refractivity contribution >= 4 is 0 Å². The smallest absolute Gasteiger partial charge is 0.266 e. The lowest BCUT2D eigenvalue weighted by Gasteiger charge is -2.30. The van der Waals surface area contributed by atoms with Gasteiger partial charge in [-0.3, -0.25) is 0 Å². The Balaban J connectivity index is 2.31. The van der Waals surface area contributed by atoms with Crippen molar-refractivity contribution in [3.05, 3.63) is 35.4 Å². The number of ether oxygens (including phenoxy) is 1. The summed E-state index contributed by atoms with van der Waals surface area (Å²) >= 11 is 0. The van der Waals surface area contributed by atoms with E-state index in [1.54, 1.807) is 12.1 Å². The number of hydrogen-bond donors (Lipinski definition) is 1. The van der Waals surface area contributed by atoms with Crippen LogP contribution >= 0.6 is 0 Å². The van der Waals surface area contributed by atoms with E-state index in [0.717, 1.165) is 11.1 Å². The van der Waals surface area contributed by atoms with Gasteiger partial charge < -0.3 is 10.5 Å². The fourth-order valence-corrected chi connectivity index (χ4v) is 1.69. The van der Waals surface area contributed by atoms with Crippen LogP contribution in [0.2, 0.25) is 0 Å². The molecular weight excluding hydrogens is 188 g/mol. The maximum atomic E-state index is 12.5. The molecular formula is C10H11F2NO. The van der Waals surface area contributed by atoms with Crippen LogP contribution in [0.5, 0.6) is 0 Å². The standard InChI is InChI=1S/C10H11F2NO/c11-10(12)9-8(13)7-4-2-1-3-6(7)5-14-9/h1-4,8-10H,5,13H2/t8-,9-/m1/s1. The molecule has 0 radical (unpaired) electrons. The molecule has 1 aromatic rings. The van der Waals surface area contributed by atoms with Crippen LogP contribution in [-0.2, 0) is 11.3 Å². The molecule has 0 amide bonds. The molecule has 2 nitrogen and oxygen atoms in total.